The van der Waals surface area contributed by atoms with Crippen LogP contribution >= 0.6 is 15.9 Å². The highest BCUT2D eigenvalue weighted by atomic mass is 79.9. The van der Waals surface area contributed by atoms with Gasteiger partial charge in [-0.25, -0.2) is 0 Å². The Bertz CT molecular complexity index is 1200. The number of fused-ring (bicyclic) bond motifs is 5. The van der Waals surface area contributed by atoms with Gasteiger partial charge in [-0.2, -0.15) is 0 Å². The second-order valence-corrected chi connectivity index (χ2v) is 9.07. The van der Waals surface area contributed by atoms with Gasteiger partial charge in [-0.15, -0.1) is 0 Å². The second-order valence-electron chi connectivity index (χ2n) is 8.21. The average molecular weight is 444 g/mol. The second kappa shape index (κ2) is 6.64. The zero-order valence-corrected chi connectivity index (χ0v) is 18.3. The molecular formula is C26H22BrNO. The molecule has 2 nitrogen and oxygen atoms in total. The van der Waals surface area contributed by atoms with E-state index in [2.05, 4.69) is 90.6 Å². The van der Waals surface area contributed by atoms with Gasteiger partial charge in [0.05, 0.1) is 5.54 Å². The summed E-state index contributed by atoms with van der Waals surface area (Å²) < 4.78 is 7.52. The van der Waals surface area contributed by atoms with Crippen molar-refractivity contribution in [3.63, 3.8) is 0 Å². The summed E-state index contributed by atoms with van der Waals surface area (Å²) >= 11 is 3.67. The molecule has 3 heteroatoms. The van der Waals surface area contributed by atoms with Gasteiger partial charge < -0.3 is 10.1 Å². The van der Waals surface area contributed by atoms with Gasteiger partial charge in [0.25, 0.3) is 0 Å². The van der Waals surface area contributed by atoms with Crippen molar-refractivity contribution in [2.24, 2.45) is 0 Å². The van der Waals surface area contributed by atoms with Crippen LogP contribution in [-0.4, -0.2) is 5.54 Å². The van der Waals surface area contributed by atoms with Crippen molar-refractivity contribution in [3.05, 3.63) is 87.9 Å². The third-order valence-corrected chi connectivity index (χ3v) is 6.19. The Kier molecular flexibility index (Phi) is 4.18. The Balaban J connectivity index is 1.81. The van der Waals surface area contributed by atoms with Crippen LogP contribution in [-0.2, 0) is 0 Å². The van der Waals surface area contributed by atoms with Crippen LogP contribution in [0.2, 0.25) is 0 Å². The lowest BCUT2D eigenvalue weighted by Crippen LogP contribution is -2.32. The van der Waals surface area contributed by atoms with E-state index in [0.29, 0.717) is 0 Å². The van der Waals surface area contributed by atoms with Crippen molar-refractivity contribution in [3.8, 4) is 16.9 Å². The van der Waals surface area contributed by atoms with Gasteiger partial charge in [-0.3, -0.25) is 0 Å². The Morgan fingerprint density at radius 1 is 0.897 bits per heavy atom. The van der Waals surface area contributed by atoms with Crippen LogP contribution in [0.15, 0.2) is 71.2 Å². The summed E-state index contributed by atoms with van der Waals surface area (Å²) in [6.45, 7) is 6.59. The fraction of sp³-hybridized carbons (Fsp3) is 0.154. The molecule has 0 spiro atoms. The Labute approximate surface area is 180 Å². The Hall–Kier alpha value is -2.78. The summed E-state index contributed by atoms with van der Waals surface area (Å²) in [5, 5.41) is 3.67. The number of hydrogen-bond donors (Lipinski definition) is 1. The molecule has 0 aromatic heterocycles. The molecule has 3 aromatic rings. The molecule has 0 fully saturated rings. The molecule has 0 radical (unpaired) electrons. The number of nitrogens with one attached hydrogen (secondary N) is 1. The van der Waals surface area contributed by atoms with E-state index >= 15 is 0 Å². The molecule has 0 amide bonds. The van der Waals surface area contributed by atoms with Crippen LogP contribution in [0.1, 0.15) is 37.5 Å². The maximum atomic E-state index is 6.47. The first kappa shape index (κ1) is 18.3. The van der Waals surface area contributed by atoms with Gasteiger partial charge >= 0.3 is 0 Å². The number of benzene rings is 3. The highest BCUT2D eigenvalue weighted by Gasteiger charge is 2.31. The van der Waals surface area contributed by atoms with E-state index in [9.17, 15) is 0 Å². The minimum absolute atomic E-state index is 0.0783. The Morgan fingerprint density at radius 2 is 1.66 bits per heavy atom. The van der Waals surface area contributed by atoms with Gasteiger partial charge in [-0.05, 0) is 61.7 Å². The van der Waals surface area contributed by atoms with Gasteiger partial charge in [0, 0.05) is 26.9 Å². The maximum Gasteiger partial charge on any atom is 0.136 e. The molecule has 1 N–H and O–H groups in total. The minimum atomic E-state index is -0.0783. The predicted octanol–water partition coefficient (Wildman–Crippen LogP) is 7.61. The highest BCUT2D eigenvalue weighted by Crippen LogP contribution is 2.49. The fourth-order valence-electron chi connectivity index (χ4n) is 4.38. The minimum Gasteiger partial charge on any atom is -0.456 e. The van der Waals surface area contributed by atoms with Crippen molar-refractivity contribution in [2.75, 3.05) is 5.32 Å². The lowest BCUT2D eigenvalue weighted by Gasteiger charge is -2.35. The van der Waals surface area contributed by atoms with E-state index in [4.69, 9.17) is 4.74 Å². The molecule has 3 aromatic carbocycles. The SMILES string of the molecule is CC1=CC(C)(C)Nc2ccc3c(c21)C(=Cc1ccccc1Br)Oc1ccccc1-3. The van der Waals surface area contributed by atoms with Crippen molar-refractivity contribution in [2.45, 2.75) is 26.3 Å². The summed E-state index contributed by atoms with van der Waals surface area (Å²) in [5.74, 6) is 1.76. The molecule has 144 valence electrons. The first-order valence-corrected chi connectivity index (χ1v) is 10.6. The van der Waals surface area contributed by atoms with E-state index in [1.54, 1.807) is 0 Å². The monoisotopic (exact) mass is 443 g/mol. The van der Waals surface area contributed by atoms with E-state index < -0.39 is 0 Å². The number of ether oxygens (including phenoxy) is 1. The summed E-state index contributed by atoms with van der Waals surface area (Å²) in [6.07, 6.45) is 4.43. The van der Waals surface area contributed by atoms with Crippen molar-refractivity contribution in [1.82, 2.24) is 0 Å². The lowest BCUT2D eigenvalue weighted by molar-refractivity contribution is 0.514. The summed E-state index contributed by atoms with van der Waals surface area (Å²) in [5.41, 5.74) is 8.13. The summed E-state index contributed by atoms with van der Waals surface area (Å²) in [4.78, 5) is 0. The molecule has 2 aliphatic rings. The number of rotatable bonds is 1. The van der Waals surface area contributed by atoms with Gasteiger partial charge in [-0.1, -0.05) is 64.5 Å². The molecular weight excluding hydrogens is 422 g/mol. The predicted molar refractivity (Wildman–Crippen MR) is 126 cm³/mol. The number of para-hydroxylation sites is 1. The Morgan fingerprint density at radius 3 is 2.48 bits per heavy atom. The van der Waals surface area contributed by atoms with E-state index in [0.717, 1.165) is 38.4 Å². The zero-order valence-electron chi connectivity index (χ0n) is 16.7. The van der Waals surface area contributed by atoms with E-state index in [1.807, 2.05) is 24.3 Å². The largest absolute Gasteiger partial charge is 0.456 e. The normalized spacial score (nSPS) is 17.4. The molecule has 0 atom stereocenters. The van der Waals surface area contributed by atoms with Gasteiger partial charge in [0.15, 0.2) is 0 Å². The maximum absolute atomic E-state index is 6.47. The molecule has 2 heterocycles. The fourth-order valence-corrected chi connectivity index (χ4v) is 4.78. The van der Waals surface area contributed by atoms with Crippen LogP contribution in [0.5, 0.6) is 5.75 Å². The topological polar surface area (TPSA) is 21.3 Å². The third kappa shape index (κ3) is 3.10. The quantitative estimate of drug-likeness (QED) is 0.417. The highest BCUT2D eigenvalue weighted by molar-refractivity contribution is 9.10. The molecule has 0 saturated heterocycles. The number of hydrogen-bond acceptors (Lipinski definition) is 2. The molecule has 0 aliphatic carbocycles. The van der Waals surface area contributed by atoms with E-state index in [1.165, 1.54) is 16.7 Å². The molecule has 5 rings (SSSR count). The number of halogens is 1. The molecule has 29 heavy (non-hydrogen) atoms. The number of anilines is 1. The van der Waals surface area contributed by atoms with Gasteiger partial charge in [0.1, 0.15) is 11.5 Å². The molecule has 0 saturated carbocycles. The van der Waals surface area contributed by atoms with Crippen LogP contribution in [0.25, 0.3) is 28.5 Å². The van der Waals surface area contributed by atoms with Crippen LogP contribution in [0.4, 0.5) is 5.69 Å². The molecule has 0 bridgehead atoms. The van der Waals surface area contributed by atoms with Crippen LogP contribution in [0, 0.1) is 0 Å². The van der Waals surface area contributed by atoms with Crippen LogP contribution < -0.4 is 10.1 Å². The van der Waals surface area contributed by atoms with Crippen molar-refractivity contribution < 1.29 is 4.74 Å². The van der Waals surface area contributed by atoms with Gasteiger partial charge in [0.2, 0.25) is 0 Å². The summed E-state index contributed by atoms with van der Waals surface area (Å²) in [7, 11) is 0. The summed E-state index contributed by atoms with van der Waals surface area (Å²) in [6, 6.07) is 20.9. The van der Waals surface area contributed by atoms with E-state index in [-0.39, 0.29) is 5.54 Å². The number of allylic oxidation sites excluding steroid dienone is 1. The van der Waals surface area contributed by atoms with Crippen LogP contribution in [0.3, 0.4) is 0 Å². The zero-order chi connectivity index (χ0) is 20.2. The first-order chi connectivity index (χ1) is 13.9. The molecule has 0 unspecified atom stereocenters. The third-order valence-electron chi connectivity index (χ3n) is 5.47. The lowest BCUT2D eigenvalue weighted by atomic mass is 9.83. The van der Waals surface area contributed by atoms with Crippen molar-refractivity contribution in [1.29, 1.82) is 0 Å². The first-order valence-electron chi connectivity index (χ1n) is 9.82. The van der Waals surface area contributed by atoms with Crippen molar-refractivity contribution >= 4 is 39.0 Å². The standard InChI is InChI=1S/C26H22BrNO/c1-16-15-26(2,3)28-21-13-12-19-18-9-5-7-11-22(18)29-23(25(19)24(16)21)14-17-8-4-6-10-20(17)27/h4-15,28H,1-3H3. The smallest absolute Gasteiger partial charge is 0.136 e. The average Bonchev–Trinajstić information content (AvgIpc) is 2.68. The molecule has 2 aliphatic heterocycles.